The molecule has 5 heteroatoms. The van der Waals surface area contributed by atoms with Crippen LogP contribution in [0, 0.1) is 5.92 Å². The van der Waals surface area contributed by atoms with E-state index >= 15 is 0 Å². The van der Waals surface area contributed by atoms with Gasteiger partial charge in [-0.3, -0.25) is 9.59 Å². The Labute approximate surface area is 129 Å². The summed E-state index contributed by atoms with van der Waals surface area (Å²) in [4.78, 5) is 27.8. The fourth-order valence-electron chi connectivity index (χ4n) is 3.50. The van der Waals surface area contributed by atoms with E-state index in [0.717, 1.165) is 38.6 Å². The molecule has 1 amide bonds. The van der Waals surface area contributed by atoms with Crippen molar-refractivity contribution in [3.63, 3.8) is 0 Å². The molecule has 0 N–H and O–H groups in total. The Bertz CT molecular complexity index is 539. The van der Waals surface area contributed by atoms with Crippen molar-refractivity contribution in [1.29, 1.82) is 0 Å². The Hall–Kier alpha value is -1.36. The first-order chi connectivity index (χ1) is 10.2. The van der Waals surface area contributed by atoms with Gasteiger partial charge in [-0.05, 0) is 49.1 Å². The van der Waals surface area contributed by atoms with Crippen LogP contribution in [0.4, 0.5) is 0 Å². The number of methoxy groups -OCH3 is 1. The molecule has 1 unspecified atom stereocenters. The summed E-state index contributed by atoms with van der Waals surface area (Å²) in [5.74, 6) is -0.148. The number of nitrogens with zero attached hydrogens (tertiary/aromatic N) is 1. The molecule has 4 nitrogen and oxygen atoms in total. The van der Waals surface area contributed by atoms with Crippen LogP contribution in [0.2, 0.25) is 0 Å². The number of hydrogen-bond donors (Lipinski definition) is 0. The lowest BCUT2D eigenvalue weighted by Crippen LogP contribution is -2.45. The fourth-order valence-corrected chi connectivity index (χ4v) is 4.49. The molecule has 2 aliphatic rings. The standard InChI is InChI=1S/C16H21NO3S/c1-20-16(19)11-4-3-8-17(10-11)15(18)13-5-2-6-14-12(13)7-9-21-14/h7,9,11,13H,2-6,8,10H2,1H3/t11-,13?/m0/s1. The largest absolute Gasteiger partial charge is 0.469 e. The second-order valence-corrected chi connectivity index (χ2v) is 6.89. The molecule has 1 fully saturated rings. The van der Waals surface area contributed by atoms with E-state index in [4.69, 9.17) is 4.74 Å². The Morgan fingerprint density at radius 1 is 1.33 bits per heavy atom. The highest BCUT2D eigenvalue weighted by Gasteiger charge is 2.34. The summed E-state index contributed by atoms with van der Waals surface area (Å²) < 4.78 is 4.83. The molecule has 1 aromatic rings. The van der Waals surface area contributed by atoms with Crippen molar-refractivity contribution in [2.45, 2.75) is 38.0 Å². The summed E-state index contributed by atoms with van der Waals surface area (Å²) in [6.07, 6.45) is 4.82. The van der Waals surface area contributed by atoms with Gasteiger partial charge in [0.1, 0.15) is 0 Å². The van der Waals surface area contributed by atoms with Gasteiger partial charge in [0.25, 0.3) is 0 Å². The van der Waals surface area contributed by atoms with Crippen molar-refractivity contribution in [3.05, 3.63) is 21.9 Å². The van der Waals surface area contributed by atoms with Crippen molar-refractivity contribution in [2.75, 3.05) is 20.2 Å². The van der Waals surface area contributed by atoms with Gasteiger partial charge >= 0.3 is 5.97 Å². The molecule has 2 heterocycles. The zero-order valence-electron chi connectivity index (χ0n) is 12.3. The van der Waals surface area contributed by atoms with Gasteiger partial charge in [-0.2, -0.15) is 0 Å². The highest BCUT2D eigenvalue weighted by molar-refractivity contribution is 7.10. The maximum Gasteiger partial charge on any atom is 0.310 e. The number of carbonyl (C=O) groups is 2. The number of amides is 1. The predicted octanol–water partition coefficient (Wildman–Crippen LogP) is 2.58. The van der Waals surface area contributed by atoms with Crippen LogP contribution >= 0.6 is 11.3 Å². The molecular weight excluding hydrogens is 286 g/mol. The maximum absolute atomic E-state index is 12.8. The molecule has 114 valence electrons. The summed E-state index contributed by atoms with van der Waals surface area (Å²) >= 11 is 1.76. The van der Waals surface area contributed by atoms with E-state index in [1.54, 1.807) is 11.3 Å². The summed E-state index contributed by atoms with van der Waals surface area (Å²) in [6.45, 7) is 1.28. The number of hydrogen-bond acceptors (Lipinski definition) is 4. The van der Waals surface area contributed by atoms with Crippen molar-refractivity contribution < 1.29 is 14.3 Å². The second-order valence-electron chi connectivity index (χ2n) is 5.89. The third-order valence-electron chi connectivity index (χ3n) is 4.62. The van der Waals surface area contributed by atoms with E-state index in [-0.39, 0.29) is 23.7 Å². The second kappa shape index (κ2) is 6.18. The zero-order chi connectivity index (χ0) is 14.8. The average Bonchev–Trinajstić information content (AvgIpc) is 3.02. The monoisotopic (exact) mass is 307 g/mol. The number of fused-ring (bicyclic) bond motifs is 1. The van der Waals surface area contributed by atoms with E-state index in [0.29, 0.717) is 6.54 Å². The lowest BCUT2D eigenvalue weighted by molar-refractivity contribution is -0.149. The van der Waals surface area contributed by atoms with Gasteiger partial charge in [-0.1, -0.05) is 0 Å². The van der Waals surface area contributed by atoms with Crippen LogP contribution in [0.5, 0.6) is 0 Å². The summed E-state index contributed by atoms with van der Waals surface area (Å²) in [6, 6.07) is 2.10. The number of thiophene rings is 1. The van der Waals surface area contributed by atoms with Gasteiger partial charge in [-0.25, -0.2) is 0 Å². The number of ether oxygens (including phenoxy) is 1. The fraction of sp³-hybridized carbons (Fsp3) is 0.625. The number of likely N-dealkylation sites (tertiary alicyclic amines) is 1. The van der Waals surface area contributed by atoms with Gasteiger partial charge in [0, 0.05) is 18.0 Å². The average molecular weight is 307 g/mol. The number of piperidine rings is 1. The molecule has 1 aliphatic heterocycles. The smallest absolute Gasteiger partial charge is 0.310 e. The van der Waals surface area contributed by atoms with Crippen LogP contribution in [0.3, 0.4) is 0 Å². The van der Waals surface area contributed by atoms with Crippen LogP contribution < -0.4 is 0 Å². The molecule has 0 radical (unpaired) electrons. The highest BCUT2D eigenvalue weighted by Crippen LogP contribution is 2.36. The van der Waals surface area contributed by atoms with Gasteiger partial charge in [-0.15, -0.1) is 11.3 Å². The van der Waals surface area contributed by atoms with Crippen molar-refractivity contribution in [1.82, 2.24) is 4.90 Å². The Balaban J connectivity index is 1.73. The van der Waals surface area contributed by atoms with Crippen LogP contribution in [0.15, 0.2) is 11.4 Å². The molecule has 1 aliphatic carbocycles. The van der Waals surface area contributed by atoms with Gasteiger partial charge in [0.15, 0.2) is 0 Å². The summed E-state index contributed by atoms with van der Waals surface area (Å²) in [5, 5.41) is 2.09. The lowest BCUT2D eigenvalue weighted by atomic mass is 9.86. The van der Waals surface area contributed by atoms with Gasteiger partial charge in [0.2, 0.25) is 5.91 Å². The third-order valence-corrected chi connectivity index (χ3v) is 5.61. The minimum Gasteiger partial charge on any atom is -0.469 e. The number of aryl methyl sites for hydroxylation is 1. The van der Waals surface area contributed by atoms with E-state index in [1.807, 2.05) is 4.90 Å². The molecule has 1 aromatic heterocycles. The topological polar surface area (TPSA) is 46.6 Å². The molecule has 0 saturated carbocycles. The van der Waals surface area contributed by atoms with Gasteiger partial charge in [0.05, 0.1) is 18.9 Å². The molecule has 21 heavy (non-hydrogen) atoms. The van der Waals surface area contributed by atoms with Crippen molar-refractivity contribution >= 4 is 23.2 Å². The Kier molecular flexibility index (Phi) is 4.29. The molecule has 0 bridgehead atoms. The van der Waals surface area contributed by atoms with Crippen molar-refractivity contribution in [2.24, 2.45) is 5.92 Å². The zero-order valence-corrected chi connectivity index (χ0v) is 13.2. The number of esters is 1. The Morgan fingerprint density at radius 3 is 3.00 bits per heavy atom. The third kappa shape index (κ3) is 2.84. The number of rotatable bonds is 2. The molecule has 0 spiro atoms. The van der Waals surface area contributed by atoms with Crippen LogP contribution in [0.25, 0.3) is 0 Å². The molecule has 3 rings (SSSR count). The highest BCUT2D eigenvalue weighted by atomic mass is 32.1. The van der Waals surface area contributed by atoms with E-state index < -0.39 is 0 Å². The lowest BCUT2D eigenvalue weighted by Gasteiger charge is -2.35. The van der Waals surface area contributed by atoms with Crippen LogP contribution in [-0.4, -0.2) is 37.0 Å². The number of carbonyl (C=O) groups excluding carboxylic acids is 2. The minimum atomic E-state index is -0.188. The molecule has 0 aromatic carbocycles. The molecule has 1 saturated heterocycles. The van der Waals surface area contributed by atoms with Crippen LogP contribution in [0.1, 0.15) is 42.0 Å². The van der Waals surface area contributed by atoms with E-state index in [1.165, 1.54) is 17.6 Å². The van der Waals surface area contributed by atoms with Crippen LogP contribution in [-0.2, 0) is 20.7 Å². The van der Waals surface area contributed by atoms with Gasteiger partial charge < -0.3 is 9.64 Å². The first-order valence-electron chi connectivity index (χ1n) is 7.63. The Morgan fingerprint density at radius 2 is 2.19 bits per heavy atom. The van der Waals surface area contributed by atoms with Crippen molar-refractivity contribution in [3.8, 4) is 0 Å². The molecular formula is C16H21NO3S. The minimum absolute atomic E-state index is 0.00334. The van der Waals surface area contributed by atoms with E-state index in [9.17, 15) is 9.59 Å². The SMILES string of the molecule is COC(=O)[C@H]1CCCN(C(=O)C2CCCc3sccc32)C1. The maximum atomic E-state index is 12.8. The normalized spacial score (nSPS) is 25.3. The first-order valence-corrected chi connectivity index (χ1v) is 8.51. The first kappa shape index (κ1) is 14.6. The summed E-state index contributed by atoms with van der Waals surface area (Å²) in [7, 11) is 1.42. The molecule has 2 atom stereocenters. The summed E-state index contributed by atoms with van der Waals surface area (Å²) in [5.41, 5.74) is 1.22. The quantitative estimate of drug-likeness (QED) is 0.789. The predicted molar refractivity (Wildman–Crippen MR) is 81.3 cm³/mol. The van der Waals surface area contributed by atoms with E-state index in [2.05, 4.69) is 11.4 Å².